The van der Waals surface area contributed by atoms with Crippen molar-refractivity contribution in [2.24, 2.45) is 0 Å². The second kappa shape index (κ2) is 6.44. The van der Waals surface area contributed by atoms with Crippen LogP contribution in [0, 0.1) is 6.92 Å². The first-order valence-corrected chi connectivity index (χ1v) is 6.78. The van der Waals surface area contributed by atoms with Crippen molar-refractivity contribution in [3.05, 3.63) is 58.6 Å². The number of halogens is 1. The molecule has 0 atom stereocenters. The molecule has 0 fully saturated rings. The highest BCUT2D eigenvalue weighted by atomic mass is 35.5. The maximum Gasteiger partial charge on any atom is 0.255 e. The predicted molar refractivity (Wildman–Crippen MR) is 81.8 cm³/mol. The van der Waals surface area contributed by atoms with Crippen LogP contribution in [-0.2, 0) is 0 Å². The van der Waals surface area contributed by atoms with E-state index >= 15 is 0 Å². The van der Waals surface area contributed by atoms with E-state index < -0.39 is 0 Å². The molecule has 1 amide bonds. The molecule has 0 saturated heterocycles. The van der Waals surface area contributed by atoms with Crippen LogP contribution in [0.25, 0.3) is 0 Å². The highest BCUT2D eigenvalue weighted by Crippen LogP contribution is 2.20. The molecule has 0 aromatic heterocycles. The summed E-state index contributed by atoms with van der Waals surface area (Å²) in [5.74, 6) is 0.535. The molecule has 0 radical (unpaired) electrons. The number of carbonyl (C=O) groups excluding carboxylic acids is 1. The SMILES string of the molecule is CCOc1cccc(NC(=O)c2ccc(C)c(Cl)c2)c1. The minimum Gasteiger partial charge on any atom is -0.494 e. The molecule has 0 heterocycles. The van der Waals surface area contributed by atoms with Gasteiger partial charge < -0.3 is 10.1 Å². The fraction of sp³-hybridized carbons (Fsp3) is 0.188. The summed E-state index contributed by atoms with van der Waals surface area (Å²) in [7, 11) is 0. The van der Waals surface area contributed by atoms with Gasteiger partial charge in [0.25, 0.3) is 5.91 Å². The highest BCUT2D eigenvalue weighted by Gasteiger charge is 2.08. The van der Waals surface area contributed by atoms with Gasteiger partial charge in [0.05, 0.1) is 6.61 Å². The second-order valence-corrected chi connectivity index (χ2v) is 4.79. The van der Waals surface area contributed by atoms with E-state index in [1.807, 2.05) is 38.1 Å². The van der Waals surface area contributed by atoms with Gasteiger partial charge in [-0.3, -0.25) is 4.79 Å². The Labute approximate surface area is 123 Å². The summed E-state index contributed by atoms with van der Waals surface area (Å²) < 4.78 is 5.40. The van der Waals surface area contributed by atoms with Crippen molar-refractivity contribution in [1.29, 1.82) is 0 Å². The van der Waals surface area contributed by atoms with Crippen molar-refractivity contribution in [2.45, 2.75) is 13.8 Å². The first-order chi connectivity index (χ1) is 9.60. The van der Waals surface area contributed by atoms with E-state index in [1.54, 1.807) is 18.2 Å². The molecule has 3 nitrogen and oxygen atoms in total. The predicted octanol–water partition coefficient (Wildman–Crippen LogP) is 4.30. The Hall–Kier alpha value is -2.00. The minimum absolute atomic E-state index is 0.194. The summed E-state index contributed by atoms with van der Waals surface area (Å²) in [5, 5.41) is 3.41. The van der Waals surface area contributed by atoms with Crippen LogP contribution in [0.1, 0.15) is 22.8 Å². The third-order valence-corrected chi connectivity index (χ3v) is 3.24. The van der Waals surface area contributed by atoms with Gasteiger partial charge in [-0.15, -0.1) is 0 Å². The molecule has 0 unspecified atom stereocenters. The van der Waals surface area contributed by atoms with E-state index in [0.29, 0.717) is 22.9 Å². The fourth-order valence-corrected chi connectivity index (χ4v) is 1.95. The van der Waals surface area contributed by atoms with E-state index in [0.717, 1.165) is 11.3 Å². The normalized spacial score (nSPS) is 10.2. The van der Waals surface area contributed by atoms with Crippen molar-refractivity contribution in [3.8, 4) is 5.75 Å². The van der Waals surface area contributed by atoms with Gasteiger partial charge in [0.1, 0.15) is 5.75 Å². The second-order valence-electron chi connectivity index (χ2n) is 4.38. The Balaban J connectivity index is 2.14. The summed E-state index contributed by atoms with van der Waals surface area (Å²) in [6.45, 7) is 4.40. The Kier molecular flexibility index (Phi) is 4.64. The van der Waals surface area contributed by atoms with E-state index in [4.69, 9.17) is 16.3 Å². The van der Waals surface area contributed by atoms with Crippen molar-refractivity contribution >= 4 is 23.2 Å². The van der Waals surface area contributed by atoms with E-state index in [2.05, 4.69) is 5.32 Å². The fourth-order valence-electron chi connectivity index (χ4n) is 1.77. The average molecular weight is 290 g/mol. The number of nitrogens with one attached hydrogen (secondary N) is 1. The van der Waals surface area contributed by atoms with E-state index in [1.165, 1.54) is 0 Å². The van der Waals surface area contributed by atoms with Gasteiger partial charge in [-0.05, 0) is 43.7 Å². The number of anilines is 1. The maximum absolute atomic E-state index is 12.1. The third kappa shape index (κ3) is 3.52. The molecule has 2 rings (SSSR count). The van der Waals surface area contributed by atoms with Crippen molar-refractivity contribution in [2.75, 3.05) is 11.9 Å². The molecular weight excluding hydrogens is 274 g/mol. The van der Waals surface area contributed by atoms with Crippen molar-refractivity contribution in [1.82, 2.24) is 0 Å². The zero-order valence-corrected chi connectivity index (χ0v) is 12.2. The molecule has 0 aliphatic rings. The van der Waals surface area contributed by atoms with Gasteiger partial charge >= 0.3 is 0 Å². The van der Waals surface area contributed by atoms with Gasteiger partial charge in [-0.25, -0.2) is 0 Å². The van der Waals surface area contributed by atoms with Crippen LogP contribution in [0.4, 0.5) is 5.69 Å². The number of rotatable bonds is 4. The number of ether oxygens (including phenoxy) is 1. The molecule has 0 saturated carbocycles. The standard InChI is InChI=1S/C16H16ClNO2/c1-3-20-14-6-4-5-13(10-14)18-16(19)12-8-7-11(2)15(17)9-12/h4-10H,3H2,1-2H3,(H,18,19). The molecule has 0 aliphatic carbocycles. The largest absolute Gasteiger partial charge is 0.494 e. The molecule has 0 aliphatic heterocycles. The quantitative estimate of drug-likeness (QED) is 0.911. The smallest absolute Gasteiger partial charge is 0.255 e. The van der Waals surface area contributed by atoms with Crippen LogP contribution in [0.2, 0.25) is 5.02 Å². The molecule has 0 bridgehead atoms. The first kappa shape index (κ1) is 14.4. The molecule has 2 aromatic carbocycles. The Bertz CT molecular complexity index is 626. The van der Waals surface area contributed by atoms with E-state index in [9.17, 15) is 4.79 Å². The van der Waals surface area contributed by atoms with Gasteiger partial charge in [-0.1, -0.05) is 23.7 Å². The molecule has 0 spiro atoms. The van der Waals surface area contributed by atoms with Crippen molar-refractivity contribution < 1.29 is 9.53 Å². The summed E-state index contributed by atoms with van der Waals surface area (Å²) in [5.41, 5.74) is 2.17. The molecular formula is C16H16ClNO2. The first-order valence-electron chi connectivity index (χ1n) is 6.40. The number of aryl methyl sites for hydroxylation is 1. The Morgan fingerprint density at radius 2 is 2.05 bits per heavy atom. The number of carbonyl (C=O) groups is 1. The lowest BCUT2D eigenvalue weighted by atomic mass is 10.1. The van der Waals surface area contributed by atoms with Crippen LogP contribution in [0.15, 0.2) is 42.5 Å². The van der Waals surface area contributed by atoms with Crippen LogP contribution >= 0.6 is 11.6 Å². The lowest BCUT2D eigenvalue weighted by molar-refractivity contribution is 0.102. The van der Waals surface area contributed by atoms with Gasteiger partial charge in [0.2, 0.25) is 0 Å². The van der Waals surface area contributed by atoms with Crippen molar-refractivity contribution in [3.63, 3.8) is 0 Å². The summed E-state index contributed by atoms with van der Waals surface area (Å²) >= 11 is 6.03. The zero-order chi connectivity index (χ0) is 14.5. The minimum atomic E-state index is -0.194. The van der Waals surface area contributed by atoms with Gasteiger partial charge in [0, 0.05) is 22.3 Å². The third-order valence-electron chi connectivity index (χ3n) is 2.84. The zero-order valence-electron chi connectivity index (χ0n) is 11.4. The molecule has 1 N–H and O–H groups in total. The van der Waals surface area contributed by atoms with Crippen LogP contribution < -0.4 is 10.1 Å². The number of hydrogen-bond acceptors (Lipinski definition) is 2. The van der Waals surface area contributed by atoms with E-state index in [-0.39, 0.29) is 5.91 Å². The lowest BCUT2D eigenvalue weighted by Gasteiger charge is -2.08. The average Bonchev–Trinajstić information content (AvgIpc) is 2.42. The summed E-state index contributed by atoms with van der Waals surface area (Å²) in [6, 6.07) is 12.5. The summed E-state index contributed by atoms with van der Waals surface area (Å²) in [6.07, 6.45) is 0. The van der Waals surface area contributed by atoms with Gasteiger partial charge in [-0.2, -0.15) is 0 Å². The monoisotopic (exact) mass is 289 g/mol. The Morgan fingerprint density at radius 3 is 2.75 bits per heavy atom. The molecule has 20 heavy (non-hydrogen) atoms. The lowest BCUT2D eigenvalue weighted by Crippen LogP contribution is -2.12. The number of amides is 1. The number of hydrogen-bond donors (Lipinski definition) is 1. The van der Waals surface area contributed by atoms with Crippen LogP contribution in [0.5, 0.6) is 5.75 Å². The Morgan fingerprint density at radius 1 is 1.25 bits per heavy atom. The van der Waals surface area contributed by atoms with Crippen LogP contribution in [-0.4, -0.2) is 12.5 Å². The van der Waals surface area contributed by atoms with Crippen LogP contribution in [0.3, 0.4) is 0 Å². The maximum atomic E-state index is 12.1. The summed E-state index contributed by atoms with van der Waals surface area (Å²) in [4.78, 5) is 12.1. The molecule has 104 valence electrons. The molecule has 4 heteroatoms. The van der Waals surface area contributed by atoms with Gasteiger partial charge in [0.15, 0.2) is 0 Å². The topological polar surface area (TPSA) is 38.3 Å². The highest BCUT2D eigenvalue weighted by molar-refractivity contribution is 6.31. The number of benzene rings is 2. The molecule has 2 aromatic rings.